The maximum Gasteiger partial charge on any atom is 0.0693 e. The quantitative estimate of drug-likeness (QED) is 0.592. The predicted molar refractivity (Wildman–Crippen MR) is 59.8 cm³/mol. The first-order valence-electron chi connectivity index (χ1n) is 4.06. The minimum Gasteiger partial charge on any atom is -0.129 e. The lowest BCUT2D eigenvalue weighted by atomic mass is 10.3. The minimum absolute atomic E-state index is 0.371. The Balaban J connectivity index is 3.80. The van der Waals surface area contributed by atoms with Crippen LogP contribution in [0.5, 0.6) is 0 Å². The van der Waals surface area contributed by atoms with Gasteiger partial charge in [0, 0.05) is 4.75 Å². The van der Waals surface area contributed by atoms with Gasteiger partial charge in [0.15, 0.2) is 0 Å². The summed E-state index contributed by atoms with van der Waals surface area (Å²) in [4.78, 5) is 0. The van der Waals surface area contributed by atoms with E-state index in [1.807, 2.05) is 11.8 Å². The average molecular weight is 188 g/mol. The molecule has 0 aromatic rings. The van der Waals surface area contributed by atoms with Gasteiger partial charge >= 0.3 is 0 Å². The summed E-state index contributed by atoms with van der Waals surface area (Å²) in [6.07, 6.45) is 0. The normalized spacial score (nSPS) is 14.4. The maximum atomic E-state index is 2.39. The standard InChI is InChI=1S/C9H20SSi/c1-9(2,3)10-7-8-11(4,5)6/h7-8H,1-6H3/b8-7-. The van der Waals surface area contributed by atoms with E-state index in [0.29, 0.717) is 4.75 Å². The third-order valence-corrected chi connectivity index (χ3v) is 3.38. The SMILES string of the molecule is CC(C)(C)S/C=C\[Si](C)(C)C. The van der Waals surface area contributed by atoms with Crippen molar-refractivity contribution in [1.82, 2.24) is 0 Å². The molecule has 0 atom stereocenters. The number of thioether (sulfide) groups is 1. The summed E-state index contributed by atoms with van der Waals surface area (Å²) in [5.41, 5.74) is 2.39. The zero-order chi connectivity index (χ0) is 9.12. The highest BCUT2D eigenvalue weighted by atomic mass is 32.2. The van der Waals surface area contributed by atoms with E-state index in [1.165, 1.54) is 0 Å². The molecule has 0 radical (unpaired) electrons. The molecule has 0 aromatic carbocycles. The molecule has 0 aromatic heterocycles. The van der Waals surface area contributed by atoms with E-state index in [4.69, 9.17) is 0 Å². The van der Waals surface area contributed by atoms with Crippen LogP contribution in [0.4, 0.5) is 0 Å². The van der Waals surface area contributed by atoms with Gasteiger partial charge in [-0.05, 0) is 5.41 Å². The Kier molecular flexibility index (Phi) is 3.92. The van der Waals surface area contributed by atoms with Gasteiger partial charge in [-0.3, -0.25) is 0 Å². The van der Waals surface area contributed by atoms with Crippen LogP contribution in [-0.4, -0.2) is 12.8 Å². The van der Waals surface area contributed by atoms with Crippen LogP contribution in [0.25, 0.3) is 0 Å². The molecule has 0 heterocycles. The Hall–Kier alpha value is 0.307. The van der Waals surface area contributed by atoms with Crippen molar-refractivity contribution < 1.29 is 0 Å². The van der Waals surface area contributed by atoms with E-state index in [-0.39, 0.29) is 0 Å². The molecular weight excluding hydrogens is 168 g/mol. The Morgan fingerprint density at radius 3 is 1.82 bits per heavy atom. The molecular formula is C9H20SSi. The van der Waals surface area contributed by atoms with Crippen LogP contribution in [0.2, 0.25) is 19.6 Å². The summed E-state index contributed by atoms with van der Waals surface area (Å²) in [7, 11) is -0.958. The van der Waals surface area contributed by atoms with Crippen molar-refractivity contribution in [2.24, 2.45) is 0 Å². The summed E-state index contributed by atoms with van der Waals surface area (Å²) in [5.74, 6) is 0. The van der Waals surface area contributed by atoms with Crippen molar-refractivity contribution in [2.75, 3.05) is 0 Å². The van der Waals surface area contributed by atoms with Gasteiger partial charge in [-0.1, -0.05) is 46.1 Å². The third kappa shape index (κ3) is 10.3. The highest BCUT2D eigenvalue weighted by Crippen LogP contribution is 2.24. The summed E-state index contributed by atoms with van der Waals surface area (Å²) in [6, 6.07) is 0. The fourth-order valence-corrected chi connectivity index (χ4v) is 2.76. The molecule has 11 heavy (non-hydrogen) atoms. The van der Waals surface area contributed by atoms with E-state index < -0.39 is 8.07 Å². The van der Waals surface area contributed by atoms with E-state index in [2.05, 4.69) is 51.5 Å². The molecule has 0 amide bonds. The van der Waals surface area contributed by atoms with Crippen LogP contribution in [0.15, 0.2) is 11.1 Å². The Morgan fingerprint density at radius 2 is 1.55 bits per heavy atom. The maximum absolute atomic E-state index is 2.39. The zero-order valence-electron chi connectivity index (χ0n) is 8.56. The van der Waals surface area contributed by atoms with Gasteiger partial charge in [-0.25, -0.2) is 0 Å². The molecule has 0 saturated carbocycles. The van der Waals surface area contributed by atoms with Gasteiger partial charge in [-0.2, -0.15) is 0 Å². The number of hydrogen-bond acceptors (Lipinski definition) is 1. The van der Waals surface area contributed by atoms with E-state index in [0.717, 1.165) is 0 Å². The lowest BCUT2D eigenvalue weighted by Gasteiger charge is -2.15. The van der Waals surface area contributed by atoms with Crippen LogP contribution in [0.3, 0.4) is 0 Å². The van der Waals surface area contributed by atoms with Crippen molar-refractivity contribution in [3.05, 3.63) is 11.1 Å². The largest absolute Gasteiger partial charge is 0.129 e. The molecule has 0 unspecified atom stereocenters. The van der Waals surface area contributed by atoms with E-state index >= 15 is 0 Å². The average Bonchev–Trinajstić information content (AvgIpc) is 1.55. The first-order chi connectivity index (χ1) is 4.71. The Bertz CT molecular complexity index is 137. The second kappa shape index (κ2) is 3.81. The van der Waals surface area contributed by atoms with Crippen molar-refractivity contribution in [1.29, 1.82) is 0 Å². The summed E-state index contributed by atoms with van der Waals surface area (Å²) >= 11 is 1.91. The zero-order valence-corrected chi connectivity index (χ0v) is 10.4. The molecule has 0 nitrogen and oxygen atoms in total. The van der Waals surface area contributed by atoms with Gasteiger partial charge in [0.1, 0.15) is 0 Å². The monoisotopic (exact) mass is 188 g/mol. The van der Waals surface area contributed by atoms with Crippen LogP contribution in [-0.2, 0) is 0 Å². The highest BCUT2D eigenvalue weighted by Gasteiger charge is 2.10. The second-order valence-corrected chi connectivity index (χ2v) is 11.7. The summed E-state index contributed by atoms with van der Waals surface area (Å²) < 4.78 is 0.371. The lowest BCUT2D eigenvalue weighted by molar-refractivity contribution is 0.808. The summed E-state index contributed by atoms with van der Waals surface area (Å²) in [5, 5.41) is 2.27. The lowest BCUT2D eigenvalue weighted by Crippen LogP contribution is -2.15. The Labute approximate surface area is 76.5 Å². The van der Waals surface area contributed by atoms with Gasteiger partial charge < -0.3 is 0 Å². The fraction of sp³-hybridized carbons (Fsp3) is 0.778. The van der Waals surface area contributed by atoms with E-state index in [9.17, 15) is 0 Å². The molecule has 0 saturated heterocycles. The van der Waals surface area contributed by atoms with Gasteiger partial charge in [0.05, 0.1) is 8.07 Å². The molecule has 0 aliphatic rings. The van der Waals surface area contributed by atoms with Crippen LogP contribution in [0, 0.1) is 0 Å². The molecule has 0 bridgehead atoms. The molecule has 0 N–H and O–H groups in total. The van der Waals surface area contributed by atoms with Crippen molar-refractivity contribution in [3.63, 3.8) is 0 Å². The Morgan fingerprint density at radius 1 is 1.09 bits per heavy atom. The molecule has 0 aliphatic heterocycles. The number of hydrogen-bond donors (Lipinski definition) is 0. The molecule has 66 valence electrons. The van der Waals surface area contributed by atoms with Crippen molar-refractivity contribution >= 4 is 19.8 Å². The first-order valence-corrected chi connectivity index (χ1v) is 8.52. The fourth-order valence-electron chi connectivity index (χ4n) is 0.442. The van der Waals surface area contributed by atoms with Crippen molar-refractivity contribution in [2.45, 2.75) is 45.2 Å². The van der Waals surface area contributed by atoms with Gasteiger partial charge in [0.25, 0.3) is 0 Å². The van der Waals surface area contributed by atoms with E-state index in [1.54, 1.807) is 0 Å². The van der Waals surface area contributed by atoms with Gasteiger partial charge in [0.2, 0.25) is 0 Å². The molecule has 0 aliphatic carbocycles. The topological polar surface area (TPSA) is 0 Å². The van der Waals surface area contributed by atoms with Gasteiger partial charge in [-0.15, -0.1) is 11.8 Å². The molecule has 2 heteroatoms. The van der Waals surface area contributed by atoms with Crippen molar-refractivity contribution in [3.8, 4) is 0 Å². The number of rotatable bonds is 2. The summed E-state index contributed by atoms with van der Waals surface area (Å²) in [6.45, 7) is 13.8. The van der Waals surface area contributed by atoms with Crippen LogP contribution >= 0.6 is 11.8 Å². The predicted octanol–water partition coefficient (Wildman–Crippen LogP) is 3.91. The smallest absolute Gasteiger partial charge is 0.0693 e. The van der Waals surface area contributed by atoms with Crippen LogP contribution < -0.4 is 0 Å². The van der Waals surface area contributed by atoms with Crippen LogP contribution in [0.1, 0.15) is 20.8 Å². The third-order valence-electron chi connectivity index (χ3n) is 0.990. The first kappa shape index (κ1) is 11.3. The minimum atomic E-state index is -0.958. The highest BCUT2D eigenvalue weighted by molar-refractivity contribution is 8.03. The molecule has 0 spiro atoms. The molecule has 0 rings (SSSR count). The molecule has 0 fully saturated rings. The second-order valence-electron chi connectivity index (χ2n) is 4.90.